The van der Waals surface area contributed by atoms with Crippen molar-refractivity contribution in [1.29, 1.82) is 0 Å². The second-order valence-electron chi connectivity index (χ2n) is 5.73. The summed E-state index contributed by atoms with van der Waals surface area (Å²) in [7, 11) is 0. The van der Waals surface area contributed by atoms with Gasteiger partial charge in [0.15, 0.2) is 4.34 Å². The molecule has 4 rings (SSSR count). The molecule has 10 heteroatoms. The summed E-state index contributed by atoms with van der Waals surface area (Å²) in [6, 6.07) is 7.53. The van der Waals surface area contributed by atoms with Crippen LogP contribution in [0.5, 0.6) is 0 Å². The Morgan fingerprint density at radius 3 is 2.88 bits per heavy atom. The van der Waals surface area contributed by atoms with E-state index < -0.39 is 0 Å². The molecule has 3 aromatic rings. The van der Waals surface area contributed by atoms with Crippen LogP contribution in [0.3, 0.4) is 0 Å². The maximum Gasteiger partial charge on any atom is 0.249 e. The predicted octanol–water partition coefficient (Wildman–Crippen LogP) is 3.52. The van der Waals surface area contributed by atoms with Gasteiger partial charge in [-0.25, -0.2) is 0 Å². The van der Waals surface area contributed by atoms with E-state index in [0.29, 0.717) is 34.7 Å². The number of benzene rings is 1. The highest BCUT2D eigenvalue weighted by Gasteiger charge is 2.33. The lowest BCUT2D eigenvalue weighted by Crippen LogP contribution is -2.34. The number of hydrogen-bond acceptors (Lipinski definition) is 8. The molecule has 1 aliphatic carbocycles. The highest BCUT2D eigenvalue weighted by Crippen LogP contribution is 2.31. The first-order valence-electron chi connectivity index (χ1n) is 7.96. The standard InChI is InChI=1S/C16H14ClN5O2S2/c17-12-4-2-1-3-11(12)15-20-19-13(24-15)7-22(10-5-6-10)14(23)8-25-16-21-18-9-26-16/h1-4,9-10H,5-8H2. The van der Waals surface area contributed by atoms with Gasteiger partial charge < -0.3 is 9.32 Å². The Balaban J connectivity index is 1.44. The van der Waals surface area contributed by atoms with Crippen LogP contribution in [-0.4, -0.2) is 43.0 Å². The van der Waals surface area contributed by atoms with Crippen LogP contribution in [-0.2, 0) is 11.3 Å². The SMILES string of the molecule is O=C(CSc1nncs1)N(Cc1nnc(-c2ccccc2Cl)o1)C1CC1. The summed E-state index contributed by atoms with van der Waals surface area (Å²) in [4.78, 5) is 14.4. The van der Waals surface area contributed by atoms with E-state index >= 15 is 0 Å². The summed E-state index contributed by atoms with van der Waals surface area (Å²) in [5.41, 5.74) is 2.34. The molecule has 0 spiro atoms. The molecule has 1 fully saturated rings. The van der Waals surface area contributed by atoms with Gasteiger partial charge in [0.1, 0.15) is 5.51 Å². The van der Waals surface area contributed by atoms with Gasteiger partial charge in [-0.2, -0.15) is 0 Å². The number of thioether (sulfide) groups is 1. The molecule has 1 aromatic carbocycles. The molecule has 1 aliphatic rings. The Bertz CT molecular complexity index is 898. The van der Waals surface area contributed by atoms with Gasteiger partial charge in [0.05, 0.1) is 22.9 Å². The Labute approximate surface area is 162 Å². The van der Waals surface area contributed by atoms with Crippen molar-refractivity contribution in [3.63, 3.8) is 0 Å². The minimum absolute atomic E-state index is 0.0326. The van der Waals surface area contributed by atoms with Gasteiger partial charge in [-0.3, -0.25) is 4.79 Å². The van der Waals surface area contributed by atoms with Crippen LogP contribution in [0, 0.1) is 0 Å². The molecule has 7 nitrogen and oxygen atoms in total. The molecule has 1 amide bonds. The summed E-state index contributed by atoms with van der Waals surface area (Å²) in [6.07, 6.45) is 2.00. The average Bonchev–Trinajstić information content (AvgIpc) is 3.16. The van der Waals surface area contributed by atoms with Crippen molar-refractivity contribution < 1.29 is 9.21 Å². The average molecular weight is 408 g/mol. The minimum atomic E-state index is 0.0326. The summed E-state index contributed by atoms with van der Waals surface area (Å²) in [5.74, 6) is 1.11. The van der Waals surface area contributed by atoms with Gasteiger partial charge in [-0.05, 0) is 25.0 Å². The summed E-state index contributed by atoms with van der Waals surface area (Å²) in [6.45, 7) is 0.303. The zero-order valence-electron chi connectivity index (χ0n) is 13.5. The fourth-order valence-corrected chi connectivity index (χ4v) is 4.04. The molecule has 0 aliphatic heterocycles. The van der Waals surface area contributed by atoms with E-state index in [4.69, 9.17) is 16.0 Å². The van der Waals surface area contributed by atoms with Crippen molar-refractivity contribution in [2.45, 2.75) is 29.8 Å². The third kappa shape index (κ3) is 4.05. The fraction of sp³-hybridized carbons (Fsp3) is 0.312. The van der Waals surface area contributed by atoms with Crippen molar-refractivity contribution in [3.05, 3.63) is 40.7 Å². The first-order valence-corrected chi connectivity index (χ1v) is 10.2. The van der Waals surface area contributed by atoms with Crippen molar-refractivity contribution in [2.75, 3.05) is 5.75 Å². The van der Waals surface area contributed by atoms with E-state index in [-0.39, 0.29) is 11.9 Å². The lowest BCUT2D eigenvalue weighted by Gasteiger charge is -2.20. The highest BCUT2D eigenvalue weighted by atomic mass is 35.5. The smallest absolute Gasteiger partial charge is 0.249 e. The molecule has 26 heavy (non-hydrogen) atoms. The zero-order chi connectivity index (χ0) is 17.9. The molecule has 1 saturated carbocycles. The van der Waals surface area contributed by atoms with Gasteiger partial charge in [0, 0.05) is 6.04 Å². The van der Waals surface area contributed by atoms with Gasteiger partial charge in [-0.15, -0.1) is 20.4 Å². The topological polar surface area (TPSA) is 85.0 Å². The summed E-state index contributed by atoms with van der Waals surface area (Å²) < 4.78 is 6.52. The number of carbonyl (C=O) groups is 1. The van der Waals surface area contributed by atoms with Gasteiger partial charge in [0.2, 0.25) is 17.7 Å². The predicted molar refractivity (Wildman–Crippen MR) is 98.9 cm³/mol. The molecule has 0 atom stereocenters. The van der Waals surface area contributed by atoms with E-state index in [1.165, 1.54) is 23.1 Å². The molecule has 0 unspecified atom stereocenters. The number of amides is 1. The number of nitrogens with zero attached hydrogens (tertiary/aromatic N) is 5. The maximum absolute atomic E-state index is 12.6. The van der Waals surface area contributed by atoms with Gasteiger partial charge in [0.25, 0.3) is 0 Å². The Kier molecular flexibility index (Phi) is 5.18. The van der Waals surface area contributed by atoms with Crippen molar-refractivity contribution in [3.8, 4) is 11.5 Å². The van der Waals surface area contributed by atoms with E-state index in [9.17, 15) is 4.79 Å². The number of hydrogen-bond donors (Lipinski definition) is 0. The van der Waals surface area contributed by atoms with Crippen LogP contribution in [0.4, 0.5) is 0 Å². The van der Waals surface area contributed by atoms with Crippen LogP contribution >= 0.6 is 34.7 Å². The second-order valence-corrected chi connectivity index (χ2v) is 8.19. The zero-order valence-corrected chi connectivity index (χ0v) is 15.9. The van der Waals surface area contributed by atoms with E-state index in [1.807, 2.05) is 18.2 Å². The van der Waals surface area contributed by atoms with Gasteiger partial charge >= 0.3 is 0 Å². The molecule has 2 aromatic heterocycles. The van der Waals surface area contributed by atoms with Crippen LogP contribution in [0.25, 0.3) is 11.5 Å². The molecule has 2 heterocycles. The molecule has 0 saturated heterocycles. The lowest BCUT2D eigenvalue weighted by molar-refractivity contribution is -0.129. The number of halogens is 1. The van der Waals surface area contributed by atoms with Crippen LogP contribution in [0.1, 0.15) is 18.7 Å². The van der Waals surface area contributed by atoms with E-state index in [2.05, 4.69) is 20.4 Å². The Morgan fingerprint density at radius 1 is 1.31 bits per heavy atom. The molecule has 0 radical (unpaired) electrons. The fourth-order valence-electron chi connectivity index (χ4n) is 2.45. The Hall–Kier alpha value is -1.97. The normalized spacial score (nSPS) is 13.7. The minimum Gasteiger partial charge on any atom is -0.419 e. The molecule has 0 N–H and O–H groups in total. The second kappa shape index (κ2) is 7.73. The van der Waals surface area contributed by atoms with E-state index in [0.717, 1.165) is 17.2 Å². The van der Waals surface area contributed by atoms with Crippen molar-refractivity contribution in [2.24, 2.45) is 0 Å². The summed E-state index contributed by atoms with van der Waals surface area (Å²) >= 11 is 8.99. The Morgan fingerprint density at radius 2 is 2.15 bits per heavy atom. The molecular formula is C16H14ClN5O2S2. The van der Waals surface area contributed by atoms with Gasteiger partial charge in [-0.1, -0.05) is 46.8 Å². The van der Waals surface area contributed by atoms with Crippen LogP contribution < -0.4 is 0 Å². The molecule has 0 bridgehead atoms. The lowest BCUT2D eigenvalue weighted by atomic mass is 10.2. The van der Waals surface area contributed by atoms with Crippen molar-refractivity contribution >= 4 is 40.6 Å². The van der Waals surface area contributed by atoms with E-state index in [1.54, 1.807) is 16.5 Å². The molecule has 134 valence electrons. The maximum atomic E-state index is 12.6. The molecular weight excluding hydrogens is 394 g/mol. The van der Waals surface area contributed by atoms with Crippen LogP contribution in [0.15, 0.2) is 38.5 Å². The number of rotatable bonds is 7. The van der Waals surface area contributed by atoms with Crippen molar-refractivity contribution in [1.82, 2.24) is 25.3 Å². The third-order valence-electron chi connectivity index (χ3n) is 3.84. The number of carbonyl (C=O) groups excluding carboxylic acids is 1. The largest absolute Gasteiger partial charge is 0.419 e. The highest BCUT2D eigenvalue weighted by molar-refractivity contribution is 8.01. The monoisotopic (exact) mass is 407 g/mol. The quantitative estimate of drug-likeness (QED) is 0.554. The van der Waals surface area contributed by atoms with Crippen LogP contribution in [0.2, 0.25) is 5.02 Å². The third-order valence-corrected chi connectivity index (χ3v) is 6.02. The first kappa shape index (κ1) is 17.4. The first-order chi connectivity index (χ1) is 12.7. The number of aromatic nitrogens is 4. The summed E-state index contributed by atoms with van der Waals surface area (Å²) in [5, 5.41) is 16.4.